The lowest BCUT2D eigenvalue weighted by Crippen LogP contribution is -2.50. The van der Waals surface area contributed by atoms with Crippen molar-refractivity contribution in [1.29, 1.82) is 0 Å². The van der Waals surface area contributed by atoms with Crippen LogP contribution in [0, 0.1) is 11.8 Å². The van der Waals surface area contributed by atoms with Gasteiger partial charge in [-0.1, -0.05) is 37.3 Å². The van der Waals surface area contributed by atoms with Crippen molar-refractivity contribution in [2.45, 2.75) is 19.4 Å². The second-order valence-electron chi connectivity index (χ2n) is 5.46. The Labute approximate surface area is 125 Å². The van der Waals surface area contributed by atoms with Crippen LogP contribution < -0.4 is 10.6 Å². The first-order valence-electron chi connectivity index (χ1n) is 7.24. The number of nitrogens with one attached hydrogen (secondary N) is 2. The number of ether oxygens (including phenoxy) is 1. The number of methoxy groups -OCH3 is 1. The van der Waals surface area contributed by atoms with Crippen molar-refractivity contribution in [3.63, 3.8) is 0 Å². The van der Waals surface area contributed by atoms with E-state index < -0.39 is 0 Å². The van der Waals surface area contributed by atoms with Gasteiger partial charge in [-0.25, -0.2) is 0 Å². The zero-order chi connectivity index (χ0) is 15.2. The van der Waals surface area contributed by atoms with Crippen LogP contribution in [0.1, 0.15) is 24.9 Å². The predicted octanol–water partition coefficient (Wildman–Crippen LogP) is 1.26. The molecule has 2 rings (SSSR count). The molecule has 1 heterocycles. The van der Waals surface area contributed by atoms with E-state index in [0.717, 1.165) is 18.7 Å². The molecule has 2 unspecified atom stereocenters. The lowest BCUT2D eigenvalue weighted by Gasteiger charge is -2.32. The summed E-state index contributed by atoms with van der Waals surface area (Å²) in [5, 5.41) is 6.15. The highest BCUT2D eigenvalue weighted by Gasteiger charge is 2.30. The quantitative estimate of drug-likeness (QED) is 0.774. The summed E-state index contributed by atoms with van der Waals surface area (Å²) in [6.45, 7) is 3.68. The monoisotopic (exact) mass is 290 g/mol. The molecule has 0 aromatic heterocycles. The molecule has 114 valence electrons. The summed E-state index contributed by atoms with van der Waals surface area (Å²) in [5.41, 5.74) is 0.912. The predicted molar refractivity (Wildman–Crippen MR) is 79.5 cm³/mol. The first kappa shape index (κ1) is 15.5. The SMILES string of the molecule is COC(=O)CC(NC(=O)C(C)C1CNC1)c1ccccc1. The lowest BCUT2D eigenvalue weighted by atomic mass is 9.88. The topological polar surface area (TPSA) is 67.4 Å². The van der Waals surface area contributed by atoms with Gasteiger partial charge in [-0.15, -0.1) is 0 Å². The number of carbonyl (C=O) groups excluding carboxylic acids is 2. The van der Waals surface area contributed by atoms with Gasteiger partial charge in [-0.3, -0.25) is 9.59 Å². The highest BCUT2D eigenvalue weighted by atomic mass is 16.5. The molecular weight excluding hydrogens is 268 g/mol. The Hall–Kier alpha value is -1.88. The Kier molecular flexibility index (Phi) is 5.33. The maximum absolute atomic E-state index is 12.3. The fraction of sp³-hybridized carbons (Fsp3) is 0.500. The largest absolute Gasteiger partial charge is 0.469 e. The molecule has 1 amide bonds. The van der Waals surface area contributed by atoms with Crippen LogP contribution in [-0.4, -0.2) is 32.1 Å². The van der Waals surface area contributed by atoms with Crippen LogP contribution in [-0.2, 0) is 14.3 Å². The summed E-state index contributed by atoms with van der Waals surface area (Å²) >= 11 is 0. The van der Waals surface area contributed by atoms with E-state index in [-0.39, 0.29) is 30.3 Å². The highest BCUT2D eigenvalue weighted by molar-refractivity contribution is 5.80. The van der Waals surface area contributed by atoms with Crippen molar-refractivity contribution in [2.24, 2.45) is 11.8 Å². The first-order chi connectivity index (χ1) is 10.1. The smallest absolute Gasteiger partial charge is 0.307 e. The van der Waals surface area contributed by atoms with Crippen LogP contribution in [0.3, 0.4) is 0 Å². The van der Waals surface area contributed by atoms with Crippen molar-refractivity contribution in [2.75, 3.05) is 20.2 Å². The Morgan fingerprint density at radius 2 is 2.00 bits per heavy atom. The standard InChI is InChI=1S/C16H22N2O3/c1-11(13-9-17-10-13)16(20)18-14(8-15(19)21-2)12-6-4-3-5-7-12/h3-7,11,13-14,17H,8-10H2,1-2H3,(H,18,20). The summed E-state index contributed by atoms with van der Waals surface area (Å²) < 4.78 is 4.72. The van der Waals surface area contributed by atoms with Crippen molar-refractivity contribution < 1.29 is 14.3 Å². The third kappa shape index (κ3) is 4.04. The van der Waals surface area contributed by atoms with Gasteiger partial charge in [0.2, 0.25) is 5.91 Å². The minimum atomic E-state index is -0.346. The third-order valence-corrected chi connectivity index (χ3v) is 4.05. The van der Waals surface area contributed by atoms with Gasteiger partial charge in [0.1, 0.15) is 0 Å². The molecule has 2 N–H and O–H groups in total. The number of hydrogen-bond acceptors (Lipinski definition) is 4. The van der Waals surface area contributed by atoms with Gasteiger partial charge in [0.15, 0.2) is 0 Å². The van der Waals surface area contributed by atoms with E-state index in [4.69, 9.17) is 4.74 Å². The van der Waals surface area contributed by atoms with Gasteiger partial charge in [-0.2, -0.15) is 0 Å². The van der Waals surface area contributed by atoms with Gasteiger partial charge < -0.3 is 15.4 Å². The fourth-order valence-corrected chi connectivity index (χ4v) is 2.37. The Morgan fingerprint density at radius 3 is 2.52 bits per heavy atom. The van der Waals surface area contributed by atoms with Gasteiger partial charge in [0.25, 0.3) is 0 Å². The first-order valence-corrected chi connectivity index (χ1v) is 7.24. The van der Waals surface area contributed by atoms with Crippen molar-refractivity contribution >= 4 is 11.9 Å². The highest BCUT2D eigenvalue weighted by Crippen LogP contribution is 2.21. The van der Waals surface area contributed by atoms with E-state index in [9.17, 15) is 9.59 Å². The molecular formula is C16H22N2O3. The Balaban J connectivity index is 2.04. The molecule has 0 bridgehead atoms. The van der Waals surface area contributed by atoms with E-state index in [1.54, 1.807) is 0 Å². The molecule has 21 heavy (non-hydrogen) atoms. The molecule has 2 atom stereocenters. The molecule has 1 aliphatic rings. The number of amides is 1. The molecule has 1 aromatic carbocycles. The second-order valence-corrected chi connectivity index (χ2v) is 5.46. The van der Waals surface area contributed by atoms with E-state index in [2.05, 4.69) is 10.6 Å². The lowest BCUT2D eigenvalue weighted by molar-refractivity contribution is -0.141. The van der Waals surface area contributed by atoms with Crippen molar-refractivity contribution in [3.8, 4) is 0 Å². The molecule has 0 saturated carbocycles. The van der Waals surface area contributed by atoms with E-state index >= 15 is 0 Å². The van der Waals surface area contributed by atoms with Crippen molar-refractivity contribution in [1.82, 2.24) is 10.6 Å². The molecule has 0 spiro atoms. The maximum atomic E-state index is 12.3. The summed E-state index contributed by atoms with van der Waals surface area (Å²) in [4.78, 5) is 23.9. The van der Waals surface area contributed by atoms with E-state index in [1.807, 2.05) is 37.3 Å². The number of benzene rings is 1. The summed E-state index contributed by atoms with van der Waals surface area (Å²) in [5.74, 6) is -0.0315. The zero-order valence-electron chi connectivity index (χ0n) is 12.5. The summed E-state index contributed by atoms with van der Waals surface area (Å²) in [7, 11) is 1.36. The molecule has 1 aliphatic heterocycles. The minimum Gasteiger partial charge on any atom is -0.469 e. The molecule has 5 nitrogen and oxygen atoms in total. The van der Waals surface area contributed by atoms with Crippen molar-refractivity contribution in [3.05, 3.63) is 35.9 Å². The molecule has 0 aliphatic carbocycles. The molecule has 1 saturated heterocycles. The number of hydrogen-bond donors (Lipinski definition) is 2. The third-order valence-electron chi connectivity index (χ3n) is 4.05. The molecule has 5 heteroatoms. The average Bonchev–Trinajstić information content (AvgIpc) is 2.45. The Morgan fingerprint density at radius 1 is 1.33 bits per heavy atom. The fourth-order valence-electron chi connectivity index (χ4n) is 2.37. The normalized spacial score (nSPS) is 17.4. The molecule has 1 aromatic rings. The number of esters is 1. The minimum absolute atomic E-state index is 0.0146. The van der Waals surface area contributed by atoms with Crippen LogP contribution in [0.25, 0.3) is 0 Å². The second kappa shape index (κ2) is 7.22. The van der Waals surface area contributed by atoms with E-state index in [1.165, 1.54) is 7.11 Å². The van der Waals surface area contributed by atoms with Gasteiger partial charge in [0.05, 0.1) is 19.6 Å². The molecule has 0 radical (unpaired) electrons. The number of rotatable bonds is 6. The summed E-state index contributed by atoms with van der Waals surface area (Å²) in [6, 6.07) is 9.16. The van der Waals surface area contributed by atoms with Gasteiger partial charge >= 0.3 is 5.97 Å². The van der Waals surface area contributed by atoms with E-state index in [0.29, 0.717) is 5.92 Å². The molecule has 1 fully saturated rings. The van der Waals surface area contributed by atoms with Crippen LogP contribution in [0.15, 0.2) is 30.3 Å². The number of carbonyl (C=O) groups is 2. The van der Waals surface area contributed by atoms with Gasteiger partial charge in [0, 0.05) is 5.92 Å². The van der Waals surface area contributed by atoms with Crippen LogP contribution in [0.5, 0.6) is 0 Å². The van der Waals surface area contributed by atoms with Crippen LogP contribution >= 0.6 is 0 Å². The average molecular weight is 290 g/mol. The summed E-state index contributed by atoms with van der Waals surface area (Å²) in [6.07, 6.45) is 0.141. The zero-order valence-corrected chi connectivity index (χ0v) is 12.5. The van der Waals surface area contributed by atoms with Crippen LogP contribution in [0.2, 0.25) is 0 Å². The maximum Gasteiger partial charge on any atom is 0.307 e. The van der Waals surface area contributed by atoms with Crippen LogP contribution in [0.4, 0.5) is 0 Å². The van der Waals surface area contributed by atoms with Gasteiger partial charge in [-0.05, 0) is 24.6 Å². The Bertz CT molecular complexity index is 486.